The van der Waals surface area contributed by atoms with Crippen LogP contribution in [0.4, 0.5) is 5.82 Å². The molecule has 1 aromatic carbocycles. The summed E-state index contributed by atoms with van der Waals surface area (Å²) in [6.07, 6.45) is 4.04. The van der Waals surface area contributed by atoms with E-state index >= 15 is 0 Å². The Morgan fingerprint density at radius 2 is 2.00 bits per heavy atom. The van der Waals surface area contributed by atoms with E-state index in [1.54, 1.807) is 24.5 Å². The summed E-state index contributed by atoms with van der Waals surface area (Å²) < 4.78 is 0. The average molecular weight is 372 g/mol. The van der Waals surface area contributed by atoms with Gasteiger partial charge in [-0.2, -0.15) is 0 Å². The Kier molecular flexibility index (Phi) is 5.44. The molecular formula is C23H24N4O. The van der Waals surface area contributed by atoms with Gasteiger partial charge in [-0.3, -0.25) is 9.78 Å². The smallest absolute Gasteiger partial charge is 0.213 e. The minimum Gasteiger partial charge on any atom is -0.353 e. The molecule has 0 spiro atoms. The first-order valence-corrected chi connectivity index (χ1v) is 9.74. The van der Waals surface area contributed by atoms with Crippen molar-refractivity contribution in [3.8, 4) is 0 Å². The van der Waals surface area contributed by atoms with Gasteiger partial charge in [-0.15, -0.1) is 0 Å². The van der Waals surface area contributed by atoms with Crippen LogP contribution in [0.3, 0.4) is 0 Å². The first-order chi connectivity index (χ1) is 13.8. The number of hydrogen-bond donors (Lipinski definition) is 1. The van der Waals surface area contributed by atoms with E-state index in [1.807, 2.05) is 25.1 Å². The largest absolute Gasteiger partial charge is 0.353 e. The number of aryl methyl sites for hydroxylation is 1. The summed E-state index contributed by atoms with van der Waals surface area (Å²) in [5.74, 6) is 0.786. The fourth-order valence-electron chi connectivity index (χ4n) is 3.64. The van der Waals surface area contributed by atoms with Crippen LogP contribution < -0.4 is 10.2 Å². The molecule has 5 heteroatoms. The van der Waals surface area contributed by atoms with Gasteiger partial charge in [-0.1, -0.05) is 43.3 Å². The van der Waals surface area contributed by atoms with Gasteiger partial charge in [0.1, 0.15) is 11.5 Å². The van der Waals surface area contributed by atoms with Crippen LogP contribution in [0.5, 0.6) is 0 Å². The number of hydrogen-bond acceptors (Lipinski definition) is 5. The number of rotatable bonds is 5. The van der Waals surface area contributed by atoms with Crippen molar-refractivity contribution >= 4 is 11.6 Å². The molecule has 1 aliphatic rings. The third kappa shape index (κ3) is 3.80. The highest BCUT2D eigenvalue weighted by Gasteiger charge is 2.23. The van der Waals surface area contributed by atoms with Gasteiger partial charge >= 0.3 is 0 Å². The van der Waals surface area contributed by atoms with Gasteiger partial charge in [0.15, 0.2) is 0 Å². The Hall–Kier alpha value is -3.05. The second kappa shape index (κ2) is 8.31. The Morgan fingerprint density at radius 3 is 2.75 bits per heavy atom. The summed E-state index contributed by atoms with van der Waals surface area (Å²) in [5, 5.41) is 3.58. The lowest BCUT2D eigenvalue weighted by Crippen LogP contribution is -2.46. The molecule has 1 N–H and O–H groups in total. The molecule has 3 heterocycles. The molecule has 1 unspecified atom stereocenters. The fourth-order valence-corrected chi connectivity index (χ4v) is 3.64. The second-order valence-corrected chi connectivity index (χ2v) is 6.96. The number of piperazine rings is 1. The maximum atomic E-state index is 13.0. The molecule has 1 atom stereocenters. The lowest BCUT2D eigenvalue weighted by Gasteiger charge is -2.35. The second-order valence-electron chi connectivity index (χ2n) is 6.96. The maximum absolute atomic E-state index is 13.0. The molecule has 0 aliphatic carbocycles. The first-order valence-electron chi connectivity index (χ1n) is 9.74. The molecule has 28 heavy (non-hydrogen) atoms. The zero-order valence-corrected chi connectivity index (χ0v) is 16.0. The Bertz CT molecular complexity index is 943. The zero-order valence-electron chi connectivity index (χ0n) is 16.0. The van der Waals surface area contributed by atoms with Gasteiger partial charge in [-0.25, -0.2) is 4.98 Å². The quantitative estimate of drug-likeness (QED) is 0.696. The van der Waals surface area contributed by atoms with E-state index < -0.39 is 0 Å². The predicted octanol–water partition coefficient (Wildman–Crippen LogP) is 3.42. The molecule has 2 aromatic heterocycles. The molecule has 142 valence electrons. The van der Waals surface area contributed by atoms with Gasteiger partial charge in [0, 0.05) is 43.6 Å². The third-order valence-corrected chi connectivity index (χ3v) is 5.19. The number of benzene rings is 1. The van der Waals surface area contributed by atoms with Crippen LogP contribution in [0.15, 0.2) is 67.0 Å². The minimum absolute atomic E-state index is 0.0680. The van der Waals surface area contributed by atoms with E-state index in [1.165, 1.54) is 5.56 Å². The summed E-state index contributed by atoms with van der Waals surface area (Å²) in [5.41, 5.74) is 3.34. The number of nitrogens with zero attached hydrogens (tertiary/aromatic N) is 3. The number of nitrogens with one attached hydrogen (secondary N) is 1. The van der Waals surface area contributed by atoms with Gasteiger partial charge in [0.2, 0.25) is 5.78 Å². The molecule has 0 radical (unpaired) electrons. The first kappa shape index (κ1) is 18.3. The molecule has 1 saturated heterocycles. The Labute approximate surface area is 165 Å². The average Bonchev–Trinajstić information content (AvgIpc) is 2.79. The van der Waals surface area contributed by atoms with E-state index in [0.717, 1.165) is 37.4 Å². The standard InChI is InChI=1S/C23H24N4O/c1-2-17-10-11-21(26-22(17)23(28)19-9-6-12-24-15-19)27-14-13-25-20(16-27)18-7-4-3-5-8-18/h3-12,15,20,25H,2,13-14,16H2,1H3. The van der Waals surface area contributed by atoms with Crippen LogP contribution in [0.1, 0.15) is 40.1 Å². The topological polar surface area (TPSA) is 58.1 Å². The van der Waals surface area contributed by atoms with Gasteiger partial charge in [-0.05, 0) is 35.7 Å². The molecule has 0 saturated carbocycles. The highest BCUT2D eigenvalue weighted by atomic mass is 16.1. The van der Waals surface area contributed by atoms with Crippen molar-refractivity contribution in [2.45, 2.75) is 19.4 Å². The minimum atomic E-state index is -0.0680. The van der Waals surface area contributed by atoms with Gasteiger partial charge < -0.3 is 10.2 Å². The van der Waals surface area contributed by atoms with Crippen LogP contribution >= 0.6 is 0 Å². The highest BCUT2D eigenvalue weighted by molar-refractivity contribution is 6.08. The van der Waals surface area contributed by atoms with Gasteiger partial charge in [0.25, 0.3) is 0 Å². The van der Waals surface area contributed by atoms with Crippen molar-refractivity contribution in [1.82, 2.24) is 15.3 Å². The summed E-state index contributed by atoms with van der Waals surface area (Å²) in [6.45, 7) is 4.61. The van der Waals surface area contributed by atoms with E-state index in [2.05, 4.69) is 39.5 Å². The molecule has 0 amide bonds. The number of carbonyl (C=O) groups excluding carboxylic acids is 1. The third-order valence-electron chi connectivity index (χ3n) is 5.19. The van der Waals surface area contributed by atoms with Gasteiger partial charge in [0.05, 0.1) is 0 Å². The zero-order chi connectivity index (χ0) is 19.3. The molecule has 3 aromatic rings. The molecule has 0 bridgehead atoms. The van der Waals surface area contributed by atoms with Crippen molar-refractivity contribution in [2.24, 2.45) is 0 Å². The van der Waals surface area contributed by atoms with Crippen LogP contribution in [-0.4, -0.2) is 35.4 Å². The van der Waals surface area contributed by atoms with Crippen LogP contribution in [0.25, 0.3) is 0 Å². The van der Waals surface area contributed by atoms with Crippen molar-refractivity contribution in [2.75, 3.05) is 24.5 Å². The Balaban J connectivity index is 1.62. The summed E-state index contributed by atoms with van der Waals surface area (Å²) in [7, 11) is 0. The number of ketones is 1. The predicted molar refractivity (Wildman–Crippen MR) is 111 cm³/mol. The van der Waals surface area contributed by atoms with E-state index in [0.29, 0.717) is 11.3 Å². The monoisotopic (exact) mass is 372 g/mol. The van der Waals surface area contributed by atoms with Crippen LogP contribution in [-0.2, 0) is 6.42 Å². The fraction of sp³-hybridized carbons (Fsp3) is 0.261. The van der Waals surface area contributed by atoms with Crippen molar-refractivity contribution in [1.29, 1.82) is 0 Å². The van der Waals surface area contributed by atoms with Crippen molar-refractivity contribution < 1.29 is 4.79 Å². The lowest BCUT2D eigenvalue weighted by molar-refractivity contribution is 0.103. The van der Waals surface area contributed by atoms with Crippen molar-refractivity contribution in [3.05, 3.63) is 89.4 Å². The molecule has 1 fully saturated rings. The van der Waals surface area contributed by atoms with Crippen LogP contribution in [0, 0.1) is 0 Å². The number of pyridine rings is 2. The lowest BCUT2D eigenvalue weighted by atomic mass is 10.0. The normalized spacial score (nSPS) is 16.8. The number of carbonyl (C=O) groups is 1. The highest BCUT2D eigenvalue weighted by Crippen LogP contribution is 2.23. The summed E-state index contributed by atoms with van der Waals surface area (Å²) in [6, 6.07) is 18.3. The van der Waals surface area contributed by atoms with E-state index in [9.17, 15) is 4.79 Å². The number of anilines is 1. The van der Waals surface area contributed by atoms with E-state index in [4.69, 9.17) is 4.98 Å². The molecule has 1 aliphatic heterocycles. The van der Waals surface area contributed by atoms with Crippen LogP contribution in [0.2, 0.25) is 0 Å². The molecule has 4 rings (SSSR count). The Morgan fingerprint density at radius 1 is 1.14 bits per heavy atom. The molecule has 5 nitrogen and oxygen atoms in total. The SMILES string of the molecule is CCc1ccc(N2CCNC(c3ccccc3)C2)nc1C(=O)c1cccnc1. The summed E-state index contributed by atoms with van der Waals surface area (Å²) in [4.78, 5) is 24.1. The maximum Gasteiger partial charge on any atom is 0.213 e. The molecular weight excluding hydrogens is 348 g/mol. The van der Waals surface area contributed by atoms with Crippen molar-refractivity contribution in [3.63, 3.8) is 0 Å². The summed E-state index contributed by atoms with van der Waals surface area (Å²) >= 11 is 0. The number of aromatic nitrogens is 2. The van der Waals surface area contributed by atoms with E-state index in [-0.39, 0.29) is 11.8 Å².